The number of hydrogen-bond donors (Lipinski definition) is 2. The number of halogens is 3. The van der Waals surface area contributed by atoms with Gasteiger partial charge in [0.05, 0.1) is 5.69 Å². The Balaban J connectivity index is 2.00. The zero-order chi connectivity index (χ0) is 16.1. The van der Waals surface area contributed by atoms with Gasteiger partial charge in [0.2, 0.25) is 11.8 Å². The Morgan fingerprint density at radius 3 is 2.91 bits per heavy atom. The van der Waals surface area contributed by atoms with Gasteiger partial charge in [0.1, 0.15) is 5.82 Å². The molecule has 0 aromatic heterocycles. The van der Waals surface area contributed by atoms with Gasteiger partial charge in [0, 0.05) is 24.9 Å². The largest absolute Gasteiger partial charge is 0.432 e. The number of anilines is 1. The molecule has 1 saturated heterocycles. The third-order valence-electron chi connectivity index (χ3n) is 3.19. The van der Waals surface area contributed by atoms with Crippen LogP contribution in [-0.2, 0) is 9.59 Å². The van der Waals surface area contributed by atoms with Gasteiger partial charge in [-0.25, -0.2) is 4.39 Å². The van der Waals surface area contributed by atoms with Gasteiger partial charge in [0.25, 0.3) is 0 Å². The van der Waals surface area contributed by atoms with Gasteiger partial charge in [-0.3, -0.25) is 9.59 Å². The van der Waals surface area contributed by atoms with Crippen molar-refractivity contribution >= 4 is 17.5 Å². The van der Waals surface area contributed by atoms with Crippen LogP contribution in [0.4, 0.5) is 18.9 Å². The topological polar surface area (TPSA) is 67.4 Å². The summed E-state index contributed by atoms with van der Waals surface area (Å²) < 4.78 is 41.8. The molecular formula is C14H15F3N2O3. The first-order chi connectivity index (χ1) is 10.4. The second kappa shape index (κ2) is 7.15. The normalized spacial score (nSPS) is 18.0. The molecule has 1 fully saturated rings. The highest BCUT2D eigenvalue weighted by Crippen LogP contribution is 2.27. The molecule has 0 spiro atoms. The number of carbonyl (C=O) groups excluding carboxylic acids is 2. The molecule has 1 unspecified atom stereocenters. The Kier molecular flexibility index (Phi) is 5.24. The predicted octanol–water partition coefficient (Wildman–Crippen LogP) is 2.42. The van der Waals surface area contributed by atoms with E-state index in [1.165, 1.54) is 0 Å². The molecule has 1 aliphatic rings. The highest BCUT2D eigenvalue weighted by Gasteiger charge is 2.21. The van der Waals surface area contributed by atoms with Crippen LogP contribution in [0.2, 0.25) is 0 Å². The molecule has 1 aliphatic heterocycles. The number of nitrogens with one attached hydrogen (secondary N) is 2. The molecule has 2 N–H and O–H groups in total. The monoisotopic (exact) mass is 316 g/mol. The van der Waals surface area contributed by atoms with E-state index in [1.807, 2.05) is 0 Å². The van der Waals surface area contributed by atoms with Crippen LogP contribution >= 0.6 is 0 Å². The Morgan fingerprint density at radius 1 is 1.45 bits per heavy atom. The van der Waals surface area contributed by atoms with E-state index < -0.39 is 24.1 Å². The number of hydrogen-bond acceptors (Lipinski definition) is 3. The maximum absolute atomic E-state index is 13.1. The van der Waals surface area contributed by atoms with E-state index in [9.17, 15) is 22.8 Å². The number of benzene rings is 1. The van der Waals surface area contributed by atoms with Gasteiger partial charge in [-0.2, -0.15) is 8.78 Å². The minimum Gasteiger partial charge on any atom is -0.432 e. The van der Waals surface area contributed by atoms with Crippen LogP contribution in [0.3, 0.4) is 0 Å². The maximum Gasteiger partial charge on any atom is 0.387 e. The van der Waals surface area contributed by atoms with Crippen molar-refractivity contribution in [2.24, 2.45) is 0 Å². The molecule has 0 bridgehead atoms. The third kappa shape index (κ3) is 4.64. The van der Waals surface area contributed by atoms with Crippen molar-refractivity contribution in [1.82, 2.24) is 5.32 Å². The summed E-state index contributed by atoms with van der Waals surface area (Å²) in [5, 5.41) is 5.07. The molecule has 120 valence electrons. The van der Waals surface area contributed by atoms with Gasteiger partial charge >= 0.3 is 6.61 Å². The van der Waals surface area contributed by atoms with E-state index in [2.05, 4.69) is 15.4 Å². The van der Waals surface area contributed by atoms with Crippen molar-refractivity contribution in [2.45, 2.75) is 38.3 Å². The Morgan fingerprint density at radius 2 is 2.23 bits per heavy atom. The Bertz CT molecular complexity index is 566. The molecule has 0 aliphatic carbocycles. The first-order valence-corrected chi connectivity index (χ1v) is 6.77. The fraction of sp³-hybridized carbons (Fsp3) is 0.429. The number of carbonyl (C=O) groups is 2. The second-order valence-electron chi connectivity index (χ2n) is 4.93. The lowest BCUT2D eigenvalue weighted by atomic mass is 10.0. The van der Waals surface area contributed by atoms with Crippen LogP contribution in [0.25, 0.3) is 0 Å². The average Bonchev–Trinajstić information content (AvgIpc) is 2.41. The highest BCUT2D eigenvalue weighted by atomic mass is 19.3. The Hall–Kier alpha value is -2.25. The summed E-state index contributed by atoms with van der Waals surface area (Å²) in [6, 6.07) is 2.64. The van der Waals surface area contributed by atoms with E-state index in [1.54, 1.807) is 0 Å². The summed E-state index contributed by atoms with van der Waals surface area (Å²) in [6.45, 7) is -3.13. The SMILES string of the molecule is O=C(CC1CCCC(=O)N1)Nc1ccc(F)cc1OC(F)F. The molecule has 1 heterocycles. The quantitative estimate of drug-likeness (QED) is 0.877. The van der Waals surface area contributed by atoms with E-state index >= 15 is 0 Å². The molecule has 0 radical (unpaired) electrons. The lowest BCUT2D eigenvalue weighted by Gasteiger charge is -2.22. The van der Waals surface area contributed by atoms with Crippen LogP contribution in [0, 0.1) is 5.82 Å². The van der Waals surface area contributed by atoms with E-state index in [4.69, 9.17) is 0 Å². The molecule has 1 atom stereocenters. The molecule has 22 heavy (non-hydrogen) atoms. The average molecular weight is 316 g/mol. The van der Waals surface area contributed by atoms with Gasteiger partial charge in [0.15, 0.2) is 5.75 Å². The first-order valence-electron chi connectivity index (χ1n) is 6.77. The van der Waals surface area contributed by atoms with Crippen molar-refractivity contribution in [3.05, 3.63) is 24.0 Å². The fourth-order valence-electron chi connectivity index (χ4n) is 2.25. The van der Waals surface area contributed by atoms with Crippen LogP contribution in [0.5, 0.6) is 5.75 Å². The van der Waals surface area contributed by atoms with Crippen LogP contribution in [0.1, 0.15) is 25.7 Å². The van der Waals surface area contributed by atoms with Gasteiger partial charge < -0.3 is 15.4 Å². The zero-order valence-corrected chi connectivity index (χ0v) is 11.6. The molecule has 1 aromatic carbocycles. The fourth-order valence-corrected chi connectivity index (χ4v) is 2.25. The summed E-state index contributed by atoms with van der Waals surface area (Å²) in [4.78, 5) is 23.1. The zero-order valence-electron chi connectivity index (χ0n) is 11.6. The number of rotatable bonds is 5. The first kappa shape index (κ1) is 16.1. The molecule has 5 nitrogen and oxygen atoms in total. The number of amides is 2. The van der Waals surface area contributed by atoms with Crippen LogP contribution in [0.15, 0.2) is 18.2 Å². The number of alkyl halides is 2. The predicted molar refractivity (Wildman–Crippen MR) is 72.1 cm³/mol. The van der Waals surface area contributed by atoms with E-state index in [0.717, 1.165) is 18.2 Å². The minimum atomic E-state index is -3.13. The minimum absolute atomic E-state index is 0.0111. The van der Waals surface area contributed by atoms with Gasteiger partial charge in [-0.1, -0.05) is 0 Å². The second-order valence-corrected chi connectivity index (χ2v) is 4.93. The van der Waals surface area contributed by atoms with Gasteiger partial charge in [-0.05, 0) is 25.0 Å². The lowest BCUT2D eigenvalue weighted by molar-refractivity contribution is -0.124. The number of ether oxygens (including phenoxy) is 1. The highest BCUT2D eigenvalue weighted by molar-refractivity contribution is 5.93. The van der Waals surface area contributed by atoms with Gasteiger partial charge in [-0.15, -0.1) is 0 Å². The molecular weight excluding hydrogens is 301 g/mol. The van der Waals surface area contributed by atoms with Crippen molar-refractivity contribution in [1.29, 1.82) is 0 Å². The van der Waals surface area contributed by atoms with Crippen molar-refractivity contribution < 1.29 is 27.5 Å². The summed E-state index contributed by atoms with van der Waals surface area (Å²) in [7, 11) is 0. The van der Waals surface area contributed by atoms with Crippen LogP contribution < -0.4 is 15.4 Å². The van der Waals surface area contributed by atoms with Crippen LogP contribution in [-0.4, -0.2) is 24.5 Å². The maximum atomic E-state index is 13.1. The number of piperidine rings is 1. The third-order valence-corrected chi connectivity index (χ3v) is 3.19. The Labute approximate surface area is 124 Å². The molecule has 1 aromatic rings. The molecule has 2 amide bonds. The molecule has 2 rings (SSSR count). The summed E-state index contributed by atoms with van der Waals surface area (Å²) in [5.41, 5.74) is -0.0474. The van der Waals surface area contributed by atoms with E-state index in [0.29, 0.717) is 19.3 Å². The summed E-state index contributed by atoms with van der Waals surface area (Å²) in [5.74, 6) is -1.80. The molecule has 8 heteroatoms. The lowest BCUT2D eigenvalue weighted by Crippen LogP contribution is -2.40. The smallest absolute Gasteiger partial charge is 0.387 e. The summed E-state index contributed by atoms with van der Waals surface area (Å²) >= 11 is 0. The van der Waals surface area contributed by atoms with E-state index in [-0.39, 0.29) is 24.1 Å². The standard InChI is InChI=1S/C14H15F3N2O3/c15-8-4-5-10(11(6-8)22-14(16)17)19-13(21)7-9-2-1-3-12(20)18-9/h4-6,9,14H,1-3,7H2,(H,18,20)(H,19,21). The molecule has 0 saturated carbocycles. The van der Waals surface area contributed by atoms with Crippen molar-refractivity contribution in [3.63, 3.8) is 0 Å². The summed E-state index contributed by atoms with van der Waals surface area (Å²) in [6.07, 6.45) is 1.81. The van der Waals surface area contributed by atoms with Crippen molar-refractivity contribution in [3.8, 4) is 5.75 Å². The van der Waals surface area contributed by atoms with Crippen molar-refractivity contribution in [2.75, 3.05) is 5.32 Å².